The van der Waals surface area contributed by atoms with E-state index in [1.165, 1.54) is 7.11 Å². The molecule has 1 aromatic heterocycles. The summed E-state index contributed by atoms with van der Waals surface area (Å²) in [6.45, 7) is 0. The molecule has 5 heteroatoms. The summed E-state index contributed by atoms with van der Waals surface area (Å²) in [6, 6.07) is 1.81. The van der Waals surface area contributed by atoms with Gasteiger partial charge in [0, 0.05) is 14.2 Å². The minimum Gasteiger partial charge on any atom is -0.464 e. The molecule has 0 aliphatic carbocycles. The van der Waals surface area contributed by atoms with E-state index in [4.69, 9.17) is 0 Å². The van der Waals surface area contributed by atoms with Crippen molar-refractivity contribution in [3.05, 3.63) is 26.0 Å². The highest BCUT2D eigenvalue weighted by molar-refractivity contribution is 14.1. The number of esters is 1. The summed E-state index contributed by atoms with van der Waals surface area (Å²) in [4.78, 5) is 15.0. The molecule has 0 fully saturated rings. The zero-order chi connectivity index (χ0) is 9.14. The van der Waals surface area contributed by atoms with Crippen molar-refractivity contribution in [2.24, 2.45) is 0 Å². The number of nitrogens with zero attached hydrogens (tertiary/aromatic N) is 1. The minimum atomic E-state index is -0.410. The van der Waals surface area contributed by atoms with Crippen molar-refractivity contribution in [1.29, 1.82) is 0 Å². The first-order chi connectivity index (χ1) is 5.65. The van der Waals surface area contributed by atoms with E-state index in [2.05, 4.69) is 25.7 Å². The van der Waals surface area contributed by atoms with Crippen LogP contribution >= 0.6 is 38.5 Å². The molecule has 0 radical (unpaired) electrons. The van der Waals surface area contributed by atoms with Crippen LogP contribution in [0.4, 0.5) is 0 Å². The number of rotatable bonds is 1. The Labute approximate surface area is 91.8 Å². The molecule has 12 heavy (non-hydrogen) atoms. The van der Waals surface area contributed by atoms with Gasteiger partial charge in [-0.2, -0.15) is 0 Å². The largest absolute Gasteiger partial charge is 0.464 e. The second-order valence-corrected chi connectivity index (χ2v) is 4.05. The summed E-state index contributed by atoms with van der Waals surface area (Å²) in [5.41, 5.74) is 0.348. The Morgan fingerprint density at radius 3 is 2.92 bits per heavy atom. The van der Waals surface area contributed by atoms with Crippen molar-refractivity contribution in [1.82, 2.24) is 4.98 Å². The van der Waals surface area contributed by atoms with Crippen molar-refractivity contribution in [2.75, 3.05) is 7.11 Å². The number of pyridine rings is 1. The normalized spacial score (nSPS) is 9.58. The van der Waals surface area contributed by atoms with Gasteiger partial charge in [0.15, 0.2) is 5.69 Å². The van der Waals surface area contributed by atoms with Crippen LogP contribution in [0.3, 0.4) is 0 Å². The molecule has 0 aliphatic rings. The Bertz CT molecular complexity index is 316. The fraction of sp³-hybridized carbons (Fsp3) is 0.143. The summed E-state index contributed by atoms with van der Waals surface area (Å²) < 4.78 is 6.15. The third-order valence-corrected chi connectivity index (χ3v) is 2.44. The summed E-state index contributed by atoms with van der Waals surface area (Å²) in [5, 5.41) is 0. The first-order valence-electron chi connectivity index (χ1n) is 3.04. The molecule has 64 valence electrons. The van der Waals surface area contributed by atoms with Gasteiger partial charge in [-0.15, -0.1) is 0 Å². The van der Waals surface area contributed by atoms with Gasteiger partial charge in [-0.05, 0) is 44.6 Å². The number of methoxy groups -OCH3 is 1. The maximum absolute atomic E-state index is 11.0. The van der Waals surface area contributed by atoms with Gasteiger partial charge in [-0.1, -0.05) is 0 Å². The predicted octanol–water partition coefficient (Wildman–Crippen LogP) is 2.24. The lowest BCUT2D eigenvalue weighted by Gasteiger charge is -2.00. The van der Waals surface area contributed by atoms with Gasteiger partial charge >= 0.3 is 5.97 Å². The lowest BCUT2D eigenvalue weighted by Crippen LogP contribution is -2.06. The maximum Gasteiger partial charge on any atom is 0.357 e. The van der Waals surface area contributed by atoms with Crippen LogP contribution < -0.4 is 0 Å². The summed E-state index contributed by atoms with van der Waals surface area (Å²) >= 11 is 5.28. The van der Waals surface area contributed by atoms with Gasteiger partial charge in [0.1, 0.15) is 0 Å². The van der Waals surface area contributed by atoms with Crippen molar-refractivity contribution >= 4 is 44.5 Å². The smallest absolute Gasteiger partial charge is 0.357 e. The summed E-state index contributed by atoms with van der Waals surface area (Å²) in [7, 11) is 1.34. The standard InChI is InChI=1S/C7H5BrINO2/c1-12-7(11)6-5(9)2-4(8)3-10-6/h2-3H,1H3. The maximum atomic E-state index is 11.0. The van der Waals surface area contributed by atoms with E-state index in [0.717, 1.165) is 8.04 Å². The number of hydrogen-bond donors (Lipinski definition) is 0. The minimum absolute atomic E-state index is 0.348. The molecular formula is C7H5BrINO2. The lowest BCUT2D eigenvalue weighted by atomic mass is 10.4. The van der Waals surface area contributed by atoms with E-state index in [0.29, 0.717) is 5.69 Å². The third kappa shape index (κ3) is 2.16. The fourth-order valence-electron chi connectivity index (χ4n) is 0.661. The van der Waals surface area contributed by atoms with E-state index in [-0.39, 0.29) is 0 Å². The van der Waals surface area contributed by atoms with Crippen LogP contribution in [-0.4, -0.2) is 18.1 Å². The molecule has 0 aromatic carbocycles. The van der Waals surface area contributed by atoms with Crippen molar-refractivity contribution in [3.8, 4) is 0 Å². The molecule has 1 heterocycles. The Morgan fingerprint density at radius 2 is 2.42 bits per heavy atom. The summed E-state index contributed by atoms with van der Waals surface area (Å²) in [6.07, 6.45) is 1.56. The van der Waals surface area contributed by atoms with Gasteiger partial charge < -0.3 is 4.74 Å². The molecule has 0 saturated heterocycles. The van der Waals surface area contributed by atoms with Gasteiger partial charge in [0.05, 0.1) is 7.11 Å². The van der Waals surface area contributed by atoms with Gasteiger partial charge in [-0.25, -0.2) is 9.78 Å². The zero-order valence-electron chi connectivity index (χ0n) is 6.17. The van der Waals surface area contributed by atoms with Crippen LogP contribution in [0.2, 0.25) is 0 Å². The Morgan fingerprint density at radius 1 is 1.75 bits per heavy atom. The highest BCUT2D eigenvalue weighted by Crippen LogP contribution is 2.16. The lowest BCUT2D eigenvalue weighted by molar-refractivity contribution is 0.0592. The average Bonchev–Trinajstić information content (AvgIpc) is 2.03. The first kappa shape index (κ1) is 9.91. The molecule has 0 amide bonds. The molecule has 1 aromatic rings. The number of hydrogen-bond acceptors (Lipinski definition) is 3. The second-order valence-electron chi connectivity index (χ2n) is 1.98. The Kier molecular flexibility index (Phi) is 3.45. The number of carbonyl (C=O) groups excluding carboxylic acids is 1. The Balaban J connectivity index is 3.09. The van der Waals surface area contributed by atoms with Crippen LogP contribution in [0, 0.1) is 3.57 Å². The van der Waals surface area contributed by atoms with E-state index in [1.807, 2.05) is 22.6 Å². The highest BCUT2D eigenvalue weighted by atomic mass is 127. The molecule has 0 N–H and O–H groups in total. The van der Waals surface area contributed by atoms with E-state index in [9.17, 15) is 4.79 Å². The first-order valence-corrected chi connectivity index (χ1v) is 4.91. The molecule has 3 nitrogen and oxygen atoms in total. The molecule has 0 spiro atoms. The molecule has 0 aliphatic heterocycles. The number of halogens is 2. The molecule has 0 saturated carbocycles. The van der Waals surface area contributed by atoms with E-state index < -0.39 is 5.97 Å². The van der Waals surface area contributed by atoms with Crippen molar-refractivity contribution in [3.63, 3.8) is 0 Å². The number of carbonyl (C=O) groups is 1. The molecular weight excluding hydrogens is 337 g/mol. The van der Waals surface area contributed by atoms with Crippen LogP contribution in [0.5, 0.6) is 0 Å². The van der Waals surface area contributed by atoms with Crippen LogP contribution in [0.15, 0.2) is 16.7 Å². The molecule has 0 bridgehead atoms. The van der Waals surface area contributed by atoms with Crippen LogP contribution in [0.1, 0.15) is 10.5 Å². The SMILES string of the molecule is COC(=O)c1ncc(Br)cc1I. The summed E-state index contributed by atoms with van der Waals surface area (Å²) in [5.74, 6) is -0.410. The predicted molar refractivity (Wildman–Crippen MR) is 56.0 cm³/mol. The fourth-order valence-corrected chi connectivity index (χ4v) is 2.12. The Hall–Kier alpha value is -0.170. The quantitative estimate of drug-likeness (QED) is 0.581. The van der Waals surface area contributed by atoms with E-state index >= 15 is 0 Å². The third-order valence-electron chi connectivity index (χ3n) is 1.19. The van der Waals surface area contributed by atoms with Crippen LogP contribution in [-0.2, 0) is 4.74 Å². The molecule has 1 rings (SSSR count). The average molecular weight is 342 g/mol. The highest BCUT2D eigenvalue weighted by Gasteiger charge is 2.11. The zero-order valence-corrected chi connectivity index (χ0v) is 9.92. The van der Waals surface area contributed by atoms with Gasteiger partial charge in [0.2, 0.25) is 0 Å². The second kappa shape index (κ2) is 4.18. The monoisotopic (exact) mass is 341 g/mol. The number of aromatic nitrogens is 1. The van der Waals surface area contributed by atoms with Crippen molar-refractivity contribution < 1.29 is 9.53 Å². The van der Waals surface area contributed by atoms with E-state index in [1.54, 1.807) is 12.3 Å². The van der Waals surface area contributed by atoms with Crippen molar-refractivity contribution in [2.45, 2.75) is 0 Å². The number of ether oxygens (including phenoxy) is 1. The molecule has 0 unspecified atom stereocenters. The molecule has 0 atom stereocenters. The van der Waals surface area contributed by atoms with Gasteiger partial charge in [-0.3, -0.25) is 0 Å². The topological polar surface area (TPSA) is 39.2 Å². The van der Waals surface area contributed by atoms with Crippen LogP contribution in [0.25, 0.3) is 0 Å². The van der Waals surface area contributed by atoms with Gasteiger partial charge in [0.25, 0.3) is 0 Å².